The predicted molar refractivity (Wildman–Crippen MR) is 76.0 cm³/mol. The molecule has 2 N–H and O–H groups in total. The van der Waals surface area contributed by atoms with Crippen molar-refractivity contribution in [1.82, 2.24) is 15.2 Å². The van der Waals surface area contributed by atoms with Gasteiger partial charge >= 0.3 is 0 Å². The SMILES string of the molecule is CCCNc1cnnc(Nc2ccccc2Br)n1. The molecule has 0 saturated heterocycles. The number of benzene rings is 1. The maximum atomic E-state index is 4.33. The van der Waals surface area contributed by atoms with Gasteiger partial charge in [-0.1, -0.05) is 19.1 Å². The third kappa shape index (κ3) is 3.40. The number of para-hydroxylation sites is 1. The highest BCUT2D eigenvalue weighted by molar-refractivity contribution is 9.10. The van der Waals surface area contributed by atoms with Gasteiger partial charge in [-0.3, -0.25) is 0 Å². The Morgan fingerprint density at radius 2 is 2.11 bits per heavy atom. The second kappa shape index (κ2) is 6.30. The van der Waals surface area contributed by atoms with Crippen molar-refractivity contribution in [2.24, 2.45) is 0 Å². The third-order valence-electron chi connectivity index (χ3n) is 2.24. The van der Waals surface area contributed by atoms with Gasteiger partial charge in [-0.2, -0.15) is 10.1 Å². The smallest absolute Gasteiger partial charge is 0.249 e. The van der Waals surface area contributed by atoms with Gasteiger partial charge in [-0.15, -0.1) is 5.10 Å². The number of hydrogen-bond donors (Lipinski definition) is 2. The summed E-state index contributed by atoms with van der Waals surface area (Å²) in [7, 11) is 0. The Hall–Kier alpha value is -1.69. The summed E-state index contributed by atoms with van der Waals surface area (Å²) >= 11 is 3.46. The van der Waals surface area contributed by atoms with E-state index < -0.39 is 0 Å². The van der Waals surface area contributed by atoms with Crippen molar-refractivity contribution in [3.8, 4) is 0 Å². The number of hydrogen-bond acceptors (Lipinski definition) is 5. The van der Waals surface area contributed by atoms with Gasteiger partial charge in [0, 0.05) is 11.0 Å². The third-order valence-corrected chi connectivity index (χ3v) is 2.93. The highest BCUT2D eigenvalue weighted by atomic mass is 79.9. The molecule has 0 aliphatic carbocycles. The zero-order chi connectivity index (χ0) is 12.8. The van der Waals surface area contributed by atoms with E-state index in [2.05, 4.69) is 48.7 Å². The van der Waals surface area contributed by atoms with Crippen LogP contribution in [0.15, 0.2) is 34.9 Å². The Bertz CT molecular complexity index is 517. The van der Waals surface area contributed by atoms with Gasteiger partial charge in [0.2, 0.25) is 5.95 Å². The Kier molecular flexibility index (Phi) is 4.46. The van der Waals surface area contributed by atoms with Crippen LogP contribution in [0.5, 0.6) is 0 Å². The van der Waals surface area contributed by atoms with Gasteiger partial charge in [-0.05, 0) is 34.5 Å². The fraction of sp³-hybridized carbons (Fsp3) is 0.250. The van der Waals surface area contributed by atoms with Crippen LogP contribution in [0.3, 0.4) is 0 Å². The van der Waals surface area contributed by atoms with Crippen molar-refractivity contribution < 1.29 is 0 Å². The Labute approximate surface area is 114 Å². The topological polar surface area (TPSA) is 62.7 Å². The molecule has 0 fully saturated rings. The fourth-order valence-corrected chi connectivity index (χ4v) is 1.76. The molecular formula is C12H14BrN5. The zero-order valence-corrected chi connectivity index (χ0v) is 11.6. The molecule has 6 heteroatoms. The average Bonchev–Trinajstić information content (AvgIpc) is 2.40. The van der Waals surface area contributed by atoms with Crippen LogP contribution in [0.4, 0.5) is 17.5 Å². The molecule has 94 valence electrons. The van der Waals surface area contributed by atoms with Crippen LogP contribution in [0.1, 0.15) is 13.3 Å². The van der Waals surface area contributed by atoms with Gasteiger partial charge in [0.15, 0.2) is 5.82 Å². The summed E-state index contributed by atoms with van der Waals surface area (Å²) < 4.78 is 0.959. The van der Waals surface area contributed by atoms with E-state index in [-0.39, 0.29) is 0 Å². The molecule has 1 heterocycles. The number of rotatable bonds is 5. The summed E-state index contributed by atoms with van der Waals surface area (Å²) in [4.78, 5) is 4.33. The monoisotopic (exact) mass is 307 g/mol. The molecule has 0 aliphatic rings. The first-order valence-corrected chi connectivity index (χ1v) is 6.54. The van der Waals surface area contributed by atoms with E-state index in [1.54, 1.807) is 6.20 Å². The van der Waals surface area contributed by atoms with Crippen molar-refractivity contribution in [2.75, 3.05) is 17.2 Å². The van der Waals surface area contributed by atoms with E-state index in [0.29, 0.717) is 5.95 Å². The molecule has 18 heavy (non-hydrogen) atoms. The van der Waals surface area contributed by atoms with Gasteiger partial charge in [0.05, 0.1) is 11.9 Å². The molecule has 1 aromatic carbocycles. The minimum Gasteiger partial charge on any atom is -0.369 e. The van der Waals surface area contributed by atoms with Crippen LogP contribution < -0.4 is 10.6 Å². The van der Waals surface area contributed by atoms with Crippen molar-refractivity contribution in [3.05, 3.63) is 34.9 Å². The highest BCUT2D eigenvalue weighted by Crippen LogP contribution is 2.23. The standard InChI is InChI=1S/C12H14BrN5/c1-2-7-14-11-8-15-18-12(17-11)16-10-6-4-3-5-9(10)13/h3-6,8H,2,7H2,1H3,(H2,14,16,17,18). The summed E-state index contributed by atoms with van der Waals surface area (Å²) in [6.07, 6.45) is 2.65. The van der Waals surface area contributed by atoms with Crippen LogP contribution >= 0.6 is 15.9 Å². The summed E-state index contributed by atoms with van der Waals surface area (Å²) in [5, 5.41) is 14.1. The quantitative estimate of drug-likeness (QED) is 0.888. The highest BCUT2D eigenvalue weighted by Gasteiger charge is 2.03. The first-order valence-electron chi connectivity index (χ1n) is 5.74. The number of halogens is 1. The van der Waals surface area contributed by atoms with Gasteiger partial charge in [0.1, 0.15) is 0 Å². The molecular weight excluding hydrogens is 294 g/mol. The molecule has 0 bridgehead atoms. The molecule has 0 amide bonds. The second-order valence-corrected chi connectivity index (χ2v) is 4.55. The van der Waals surface area contributed by atoms with E-state index in [9.17, 15) is 0 Å². The summed E-state index contributed by atoms with van der Waals surface area (Å²) in [5.74, 6) is 1.20. The minimum atomic E-state index is 0.475. The lowest BCUT2D eigenvalue weighted by atomic mass is 10.3. The normalized spacial score (nSPS) is 10.1. The number of nitrogens with one attached hydrogen (secondary N) is 2. The molecule has 0 atom stereocenters. The Morgan fingerprint density at radius 3 is 2.89 bits per heavy atom. The average molecular weight is 308 g/mol. The molecule has 2 rings (SSSR count). The van der Waals surface area contributed by atoms with Gasteiger partial charge < -0.3 is 10.6 Å². The zero-order valence-electron chi connectivity index (χ0n) is 10.0. The van der Waals surface area contributed by atoms with E-state index in [1.165, 1.54) is 0 Å². The van der Waals surface area contributed by atoms with Crippen LogP contribution in [0.25, 0.3) is 0 Å². The number of anilines is 3. The number of nitrogens with zero attached hydrogens (tertiary/aromatic N) is 3. The molecule has 0 radical (unpaired) electrons. The lowest BCUT2D eigenvalue weighted by Crippen LogP contribution is -2.06. The Balaban J connectivity index is 2.12. The van der Waals surface area contributed by atoms with Crippen LogP contribution in [0, 0.1) is 0 Å². The van der Waals surface area contributed by atoms with Crippen LogP contribution in [-0.2, 0) is 0 Å². The van der Waals surface area contributed by atoms with E-state index in [0.717, 1.165) is 28.9 Å². The maximum Gasteiger partial charge on any atom is 0.249 e. The lowest BCUT2D eigenvalue weighted by molar-refractivity contribution is 0.935. The molecule has 1 aromatic heterocycles. The lowest BCUT2D eigenvalue weighted by Gasteiger charge is -2.07. The summed E-state index contributed by atoms with van der Waals surface area (Å²) in [5.41, 5.74) is 0.909. The second-order valence-electron chi connectivity index (χ2n) is 3.70. The van der Waals surface area contributed by atoms with E-state index in [1.807, 2.05) is 24.3 Å². The van der Waals surface area contributed by atoms with Gasteiger partial charge in [-0.25, -0.2) is 0 Å². The first-order chi connectivity index (χ1) is 8.79. The fourth-order valence-electron chi connectivity index (χ4n) is 1.38. The molecule has 0 unspecified atom stereocenters. The van der Waals surface area contributed by atoms with Crippen molar-refractivity contribution >= 4 is 33.4 Å². The number of aromatic nitrogens is 3. The van der Waals surface area contributed by atoms with Crippen molar-refractivity contribution in [2.45, 2.75) is 13.3 Å². The van der Waals surface area contributed by atoms with Crippen molar-refractivity contribution in [3.63, 3.8) is 0 Å². The molecule has 0 saturated carbocycles. The predicted octanol–water partition coefficient (Wildman–Crippen LogP) is 3.20. The van der Waals surface area contributed by atoms with E-state index >= 15 is 0 Å². The molecule has 5 nitrogen and oxygen atoms in total. The minimum absolute atomic E-state index is 0.475. The van der Waals surface area contributed by atoms with Crippen LogP contribution in [-0.4, -0.2) is 21.7 Å². The largest absolute Gasteiger partial charge is 0.369 e. The first kappa shape index (κ1) is 12.8. The molecule has 2 aromatic rings. The van der Waals surface area contributed by atoms with E-state index in [4.69, 9.17) is 0 Å². The molecule has 0 aliphatic heterocycles. The summed E-state index contributed by atoms with van der Waals surface area (Å²) in [6, 6.07) is 7.79. The maximum absolute atomic E-state index is 4.33. The van der Waals surface area contributed by atoms with Crippen molar-refractivity contribution in [1.29, 1.82) is 0 Å². The summed E-state index contributed by atoms with van der Waals surface area (Å²) in [6.45, 7) is 2.97. The van der Waals surface area contributed by atoms with Crippen LogP contribution in [0.2, 0.25) is 0 Å². The Morgan fingerprint density at radius 1 is 1.28 bits per heavy atom. The molecule has 0 spiro atoms. The van der Waals surface area contributed by atoms with Gasteiger partial charge in [0.25, 0.3) is 0 Å².